The van der Waals surface area contributed by atoms with Gasteiger partial charge in [-0.2, -0.15) is 0 Å². The van der Waals surface area contributed by atoms with Crippen molar-refractivity contribution < 1.29 is 9.47 Å². The fraction of sp³-hybridized carbons (Fsp3) is 0.375. The Kier molecular flexibility index (Phi) is 7.06. The molecule has 1 aromatic heterocycles. The van der Waals surface area contributed by atoms with Crippen molar-refractivity contribution in [2.24, 2.45) is 0 Å². The molecule has 0 aliphatic heterocycles. The summed E-state index contributed by atoms with van der Waals surface area (Å²) in [5.74, 6) is 1.62. The minimum Gasteiger partial charge on any atom is -0.490 e. The van der Waals surface area contributed by atoms with Crippen molar-refractivity contribution in [3.63, 3.8) is 0 Å². The molecule has 0 atom stereocenters. The van der Waals surface area contributed by atoms with Crippen molar-refractivity contribution in [3.05, 3.63) is 45.1 Å². The summed E-state index contributed by atoms with van der Waals surface area (Å²) < 4.78 is 12.5. The highest BCUT2D eigenvalue weighted by molar-refractivity contribution is 9.11. The van der Waals surface area contributed by atoms with Gasteiger partial charge < -0.3 is 14.8 Å². The highest BCUT2D eigenvalue weighted by Gasteiger charge is 2.02. The fourth-order valence-corrected chi connectivity index (χ4v) is 3.38. The quantitative estimate of drug-likeness (QED) is 0.674. The van der Waals surface area contributed by atoms with Crippen LogP contribution in [0.2, 0.25) is 0 Å². The monoisotopic (exact) mass is 369 g/mol. The Balaban J connectivity index is 1.63. The standard InChI is InChI=1S/C16H20BrNO2S/c1-2-19-14-5-3-4-6-15(14)20-12-11-18-10-9-13-7-8-16(17)21-13/h3-8,18H,2,9-12H2,1H3. The molecule has 0 radical (unpaired) electrons. The van der Waals surface area contributed by atoms with Gasteiger partial charge in [0.1, 0.15) is 6.61 Å². The summed E-state index contributed by atoms with van der Waals surface area (Å²) in [5, 5.41) is 3.39. The predicted molar refractivity (Wildman–Crippen MR) is 91.7 cm³/mol. The van der Waals surface area contributed by atoms with E-state index < -0.39 is 0 Å². The molecule has 0 saturated heterocycles. The van der Waals surface area contributed by atoms with Crippen LogP contribution in [0.4, 0.5) is 0 Å². The second kappa shape index (κ2) is 9.07. The van der Waals surface area contributed by atoms with Gasteiger partial charge in [0.05, 0.1) is 10.4 Å². The van der Waals surface area contributed by atoms with Crippen LogP contribution >= 0.6 is 27.3 Å². The van der Waals surface area contributed by atoms with E-state index in [4.69, 9.17) is 9.47 Å². The van der Waals surface area contributed by atoms with Gasteiger partial charge in [-0.15, -0.1) is 11.3 Å². The first-order chi connectivity index (χ1) is 10.3. The summed E-state index contributed by atoms with van der Waals surface area (Å²) in [6.45, 7) is 5.05. The van der Waals surface area contributed by atoms with Gasteiger partial charge in [-0.25, -0.2) is 0 Å². The maximum absolute atomic E-state index is 5.75. The lowest BCUT2D eigenvalue weighted by Gasteiger charge is -2.11. The molecule has 0 fully saturated rings. The molecule has 2 rings (SSSR count). The minimum absolute atomic E-state index is 0.637. The number of thiophene rings is 1. The van der Waals surface area contributed by atoms with Crippen LogP contribution in [0.25, 0.3) is 0 Å². The number of ether oxygens (including phenoxy) is 2. The summed E-state index contributed by atoms with van der Waals surface area (Å²) in [5.41, 5.74) is 0. The minimum atomic E-state index is 0.637. The lowest BCUT2D eigenvalue weighted by atomic mass is 10.3. The van der Waals surface area contributed by atoms with Crippen molar-refractivity contribution in [2.75, 3.05) is 26.3 Å². The van der Waals surface area contributed by atoms with E-state index in [-0.39, 0.29) is 0 Å². The average Bonchev–Trinajstić information content (AvgIpc) is 2.90. The number of hydrogen-bond donors (Lipinski definition) is 1. The van der Waals surface area contributed by atoms with E-state index in [1.165, 1.54) is 8.66 Å². The van der Waals surface area contributed by atoms with Crippen LogP contribution in [-0.2, 0) is 6.42 Å². The molecule has 0 bridgehead atoms. The average molecular weight is 370 g/mol. The molecular formula is C16H20BrNO2S. The largest absolute Gasteiger partial charge is 0.490 e. The van der Waals surface area contributed by atoms with Crippen molar-refractivity contribution in [3.8, 4) is 11.5 Å². The molecule has 1 N–H and O–H groups in total. The van der Waals surface area contributed by atoms with Gasteiger partial charge >= 0.3 is 0 Å². The van der Waals surface area contributed by atoms with E-state index in [1.807, 2.05) is 31.2 Å². The van der Waals surface area contributed by atoms with Crippen LogP contribution in [0.3, 0.4) is 0 Å². The number of hydrogen-bond acceptors (Lipinski definition) is 4. The van der Waals surface area contributed by atoms with Gasteiger partial charge in [-0.3, -0.25) is 0 Å². The summed E-state index contributed by atoms with van der Waals surface area (Å²) in [6.07, 6.45) is 1.05. The molecule has 1 aromatic carbocycles. The summed E-state index contributed by atoms with van der Waals surface area (Å²) in [6, 6.07) is 12.0. The molecule has 21 heavy (non-hydrogen) atoms. The van der Waals surface area contributed by atoms with E-state index in [1.54, 1.807) is 11.3 Å². The molecule has 2 aromatic rings. The summed E-state index contributed by atoms with van der Waals surface area (Å²) in [4.78, 5) is 1.39. The Labute approximate surface area is 138 Å². The Bertz CT molecular complexity index is 545. The van der Waals surface area contributed by atoms with Gasteiger partial charge in [0.2, 0.25) is 0 Å². The summed E-state index contributed by atoms with van der Waals surface area (Å²) in [7, 11) is 0. The number of nitrogens with one attached hydrogen (secondary N) is 1. The Morgan fingerprint density at radius 3 is 2.48 bits per heavy atom. The highest BCUT2D eigenvalue weighted by Crippen LogP contribution is 2.26. The van der Waals surface area contributed by atoms with Gasteiger partial charge in [0.25, 0.3) is 0 Å². The second-order valence-electron chi connectivity index (χ2n) is 4.43. The van der Waals surface area contributed by atoms with Crippen LogP contribution in [0.1, 0.15) is 11.8 Å². The van der Waals surface area contributed by atoms with Crippen molar-refractivity contribution in [2.45, 2.75) is 13.3 Å². The van der Waals surface area contributed by atoms with E-state index in [9.17, 15) is 0 Å². The molecule has 0 amide bonds. The van der Waals surface area contributed by atoms with E-state index in [0.29, 0.717) is 13.2 Å². The van der Waals surface area contributed by atoms with Gasteiger partial charge in [0, 0.05) is 18.0 Å². The maximum atomic E-state index is 5.75. The number of halogens is 1. The molecule has 114 valence electrons. The molecular weight excluding hydrogens is 350 g/mol. The first-order valence-corrected chi connectivity index (χ1v) is 8.70. The first-order valence-electron chi connectivity index (χ1n) is 7.09. The van der Waals surface area contributed by atoms with Crippen LogP contribution in [0.15, 0.2) is 40.2 Å². The number of para-hydroxylation sites is 2. The molecule has 0 aliphatic carbocycles. The molecule has 0 unspecified atom stereocenters. The zero-order valence-electron chi connectivity index (χ0n) is 12.1. The van der Waals surface area contributed by atoms with Crippen molar-refractivity contribution >= 4 is 27.3 Å². The number of benzene rings is 1. The smallest absolute Gasteiger partial charge is 0.161 e. The third kappa shape index (κ3) is 5.69. The Morgan fingerprint density at radius 2 is 1.81 bits per heavy atom. The third-order valence-corrected chi connectivity index (χ3v) is 4.55. The third-order valence-electron chi connectivity index (χ3n) is 2.86. The molecule has 0 spiro atoms. The topological polar surface area (TPSA) is 30.5 Å². The fourth-order valence-electron chi connectivity index (χ4n) is 1.90. The van der Waals surface area contributed by atoms with Crippen LogP contribution in [0, 0.1) is 0 Å². The molecule has 3 nitrogen and oxygen atoms in total. The maximum Gasteiger partial charge on any atom is 0.161 e. The Morgan fingerprint density at radius 1 is 1.05 bits per heavy atom. The van der Waals surface area contributed by atoms with E-state index >= 15 is 0 Å². The second-order valence-corrected chi connectivity index (χ2v) is 6.98. The van der Waals surface area contributed by atoms with Crippen molar-refractivity contribution in [1.29, 1.82) is 0 Å². The predicted octanol–water partition coefficient (Wildman–Crippen LogP) is 4.12. The SMILES string of the molecule is CCOc1ccccc1OCCNCCc1ccc(Br)s1. The highest BCUT2D eigenvalue weighted by atomic mass is 79.9. The van der Waals surface area contributed by atoms with Crippen LogP contribution < -0.4 is 14.8 Å². The molecule has 0 saturated carbocycles. The zero-order valence-corrected chi connectivity index (χ0v) is 14.5. The first kappa shape index (κ1) is 16.3. The van der Waals surface area contributed by atoms with Gasteiger partial charge in [-0.1, -0.05) is 12.1 Å². The summed E-state index contributed by atoms with van der Waals surface area (Å²) >= 11 is 5.26. The van der Waals surface area contributed by atoms with E-state index in [2.05, 4.69) is 33.4 Å². The van der Waals surface area contributed by atoms with Gasteiger partial charge in [0.15, 0.2) is 11.5 Å². The normalized spacial score (nSPS) is 10.6. The number of rotatable bonds is 9. The zero-order chi connectivity index (χ0) is 14.9. The van der Waals surface area contributed by atoms with Crippen LogP contribution in [-0.4, -0.2) is 26.3 Å². The lowest BCUT2D eigenvalue weighted by Crippen LogP contribution is -2.23. The molecule has 0 aliphatic rings. The lowest BCUT2D eigenvalue weighted by molar-refractivity contribution is 0.276. The van der Waals surface area contributed by atoms with Crippen LogP contribution in [0.5, 0.6) is 11.5 Å². The van der Waals surface area contributed by atoms with E-state index in [0.717, 1.165) is 31.0 Å². The van der Waals surface area contributed by atoms with Gasteiger partial charge in [-0.05, 0) is 53.5 Å². The van der Waals surface area contributed by atoms with Crippen molar-refractivity contribution in [1.82, 2.24) is 5.32 Å². The molecule has 1 heterocycles. The Hall–Kier alpha value is -1.04. The molecule has 5 heteroatoms.